The van der Waals surface area contributed by atoms with Gasteiger partial charge < -0.3 is 10.1 Å². The van der Waals surface area contributed by atoms with Crippen LogP contribution in [-0.4, -0.2) is 24.0 Å². The number of rotatable bonds is 1. The van der Waals surface area contributed by atoms with Crippen molar-refractivity contribution in [3.8, 4) is 0 Å². The summed E-state index contributed by atoms with van der Waals surface area (Å²) in [6, 6.07) is 5.11. The zero-order chi connectivity index (χ0) is 10.6. The number of anilines is 1. The van der Waals surface area contributed by atoms with E-state index in [1.54, 1.807) is 25.1 Å². The van der Waals surface area contributed by atoms with Crippen molar-refractivity contribution in [1.29, 1.82) is 0 Å². The van der Waals surface area contributed by atoms with Gasteiger partial charge >= 0.3 is 11.9 Å². The van der Waals surface area contributed by atoms with E-state index in [0.717, 1.165) is 12.8 Å². The van der Waals surface area contributed by atoms with E-state index in [1.165, 1.54) is 0 Å². The van der Waals surface area contributed by atoms with Crippen LogP contribution in [0.2, 0.25) is 0 Å². The predicted octanol–water partition coefficient (Wildman–Crippen LogP) is 0.502. The van der Waals surface area contributed by atoms with Crippen LogP contribution in [-0.2, 0) is 14.3 Å². The summed E-state index contributed by atoms with van der Waals surface area (Å²) in [5.74, 6) is -1.43. The summed E-state index contributed by atoms with van der Waals surface area (Å²) in [6.45, 7) is 1.79. The number of ether oxygens (including phenoxy) is 1. The summed E-state index contributed by atoms with van der Waals surface area (Å²) in [4.78, 5) is 25.8. The maximum Gasteiger partial charge on any atom is 0.396 e. The van der Waals surface area contributed by atoms with E-state index in [-0.39, 0.29) is 0 Å². The normalized spacial score (nSPS) is 9.29. The van der Waals surface area contributed by atoms with E-state index in [0.29, 0.717) is 5.82 Å². The van der Waals surface area contributed by atoms with Crippen molar-refractivity contribution >= 4 is 17.7 Å². The molecule has 0 saturated carbocycles. The number of aromatic nitrogens is 1. The Labute approximate surface area is 81.1 Å². The summed E-state index contributed by atoms with van der Waals surface area (Å²) >= 11 is 0. The fourth-order valence-electron chi connectivity index (χ4n) is 0.873. The van der Waals surface area contributed by atoms with Crippen molar-refractivity contribution in [2.75, 3.05) is 12.4 Å². The minimum atomic E-state index is -0.937. The van der Waals surface area contributed by atoms with Gasteiger partial charge in [-0.25, -0.2) is 9.78 Å². The first kappa shape index (κ1) is 10.2. The van der Waals surface area contributed by atoms with E-state index in [1.807, 2.05) is 0 Å². The molecule has 0 aliphatic heterocycles. The lowest BCUT2D eigenvalue weighted by Gasteiger charge is -2.02. The van der Waals surface area contributed by atoms with Gasteiger partial charge in [-0.2, -0.15) is 0 Å². The van der Waals surface area contributed by atoms with Gasteiger partial charge in [0.1, 0.15) is 5.82 Å². The van der Waals surface area contributed by atoms with E-state index < -0.39 is 11.9 Å². The molecule has 0 spiro atoms. The van der Waals surface area contributed by atoms with Gasteiger partial charge in [-0.05, 0) is 19.1 Å². The number of pyridine rings is 1. The fraction of sp³-hybridized carbons (Fsp3) is 0.222. The molecule has 5 nitrogen and oxygen atoms in total. The summed E-state index contributed by atoms with van der Waals surface area (Å²) in [5.41, 5.74) is 0.757. The molecule has 0 bridgehead atoms. The quantitative estimate of drug-likeness (QED) is 0.522. The number of esters is 1. The maximum atomic E-state index is 11.0. The number of carbonyl (C=O) groups is 2. The standard InChI is InChI=1S/C9H10N2O3/c1-6-4-3-5-7(10-6)11-8(12)9(13)14-2/h3-5H,1-2H3,(H,10,11,12). The molecule has 0 atom stereocenters. The topological polar surface area (TPSA) is 68.3 Å². The van der Waals surface area contributed by atoms with Gasteiger partial charge in [0.2, 0.25) is 0 Å². The molecule has 0 fully saturated rings. The third-order valence-electron chi connectivity index (χ3n) is 1.50. The molecule has 0 unspecified atom stereocenters. The fourth-order valence-corrected chi connectivity index (χ4v) is 0.873. The molecule has 0 aliphatic carbocycles. The molecule has 0 aromatic carbocycles. The largest absolute Gasteiger partial charge is 0.462 e. The summed E-state index contributed by atoms with van der Waals surface area (Å²) in [7, 11) is 1.14. The Bertz CT molecular complexity index is 363. The first-order chi connectivity index (χ1) is 6.63. The zero-order valence-corrected chi connectivity index (χ0v) is 7.90. The van der Waals surface area contributed by atoms with Gasteiger partial charge in [-0.15, -0.1) is 0 Å². The van der Waals surface area contributed by atoms with E-state index >= 15 is 0 Å². The van der Waals surface area contributed by atoms with Gasteiger partial charge in [-0.1, -0.05) is 6.07 Å². The molecule has 0 aliphatic rings. The number of methoxy groups -OCH3 is 1. The summed E-state index contributed by atoms with van der Waals surface area (Å²) in [6.07, 6.45) is 0. The van der Waals surface area contributed by atoms with Crippen LogP contribution >= 0.6 is 0 Å². The molecule has 0 saturated heterocycles. The average molecular weight is 194 g/mol. The number of hydrogen-bond donors (Lipinski definition) is 1. The lowest BCUT2D eigenvalue weighted by molar-refractivity contribution is -0.150. The first-order valence-corrected chi connectivity index (χ1v) is 3.96. The SMILES string of the molecule is COC(=O)C(=O)Nc1cccc(C)n1. The Morgan fingerprint density at radius 1 is 1.43 bits per heavy atom. The van der Waals surface area contributed by atoms with Crippen LogP contribution in [0.3, 0.4) is 0 Å². The Hall–Kier alpha value is -1.91. The van der Waals surface area contributed by atoms with Crippen LogP contribution in [0.4, 0.5) is 5.82 Å². The van der Waals surface area contributed by atoms with Gasteiger partial charge in [0.25, 0.3) is 0 Å². The second-order valence-electron chi connectivity index (χ2n) is 2.61. The highest BCUT2D eigenvalue weighted by molar-refractivity contribution is 6.37. The second kappa shape index (κ2) is 4.36. The number of aryl methyl sites for hydroxylation is 1. The number of nitrogens with one attached hydrogen (secondary N) is 1. The Balaban J connectivity index is 2.70. The van der Waals surface area contributed by atoms with Gasteiger partial charge in [-0.3, -0.25) is 4.79 Å². The lowest BCUT2D eigenvalue weighted by atomic mass is 10.4. The maximum absolute atomic E-state index is 11.0. The third kappa shape index (κ3) is 2.55. The van der Waals surface area contributed by atoms with Crippen molar-refractivity contribution in [3.63, 3.8) is 0 Å². The molecule has 1 N–H and O–H groups in total. The molecule has 0 radical (unpaired) electrons. The van der Waals surface area contributed by atoms with E-state index in [9.17, 15) is 9.59 Å². The van der Waals surface area contributed by atoms with Crippen LogP contribution in [0.15, 0.2) is 18.2 Å². The Morgan fingerprint density at radius 2 is 2.14 bits per heavy atom. The first-order valence-electron chi connectivity index (χ1n) is 3.96. The second-order valence-corrected chi connectivity index (χ2v) is 2.61. The molecule has 74 valence electrons. The van der Waals surface area contributed by atoms with Crippen molar-refractivity contribution in [2.24, 2.45) is 0 Å². The van der Waals surface area contributed by atoms with Crippen molar-refractivity contribution < 1.29 is 14.3 Å². The van der Waals surface area contributed by atoms with Crippen molar-refractivity contribution in [1.82, 2.24) is 4.98 Å². The third-order valence-corrected chi connectivity index (χ3v) is 1.50. The molecule has 1 heterocycles. The highest BCUT2D eigenvalue weighted by Gasteiger charge is 2.13. The van der Waals surface area contributed by atoms with Gasteiger partial charge in [0, 0.05) is 5.69 Å². The number of nitrogens with zero attached hydrogens (tertiary/aromatic N) is 1. The highest BCUT2D eigenvalue weighted by Crippen LogP contribution is 2.03. The highest BCUT2D eigenvalue weighted by atomic mass is 16.5. The molecule has 14 heavy (non-hydrogen) atoms. The van der Waals surface area contributed by atoms with E-state index in [2.05, 4.69) is 15.0 Å². The number of carbonyl (C=O) groups excluding carboxylic acids is 2. The van der Waals surface area contributed by atoms with Crippen LogP contribution in [0.5, 0.6) is 0 Å². The van der Waals surface area contributed by atoms with Crippen LogP contribution in [0, 0.1) is 6.92 Å². The minimum absolute atomic E-state index is 0.334. The number of amides is 1. The van der Waals surface area contributed by atoms with Crippen molar-refractivity contribution in [3.05, 3.63) is 23.9 Å². The van der Waals surface area contributed by atoms with Gasteiger partial charge in [0.05, 0.1) is 7.11 Å². The molecule has 1 amide bonds. The van der Waals surface area contributed by atoms with E-state index in [4.69, 9.17) is 0 Å². The molecule has 1 aromatic rings. The molecular weight excluding hydrogens is 184 g/mol. The smallest absolute Gasteiger partial charge is 0.396 e. The monoisotopic (exact) mass is 194 g/mol. The summed E-state index contributed by atoms with van der Waals surface area (Å²) in [5, 5.41) is 2.31. The minimum Gasteiger partial charge on any atom is -0.462 e. The van der Waals surface area contributed by atoms with Crippen LogP contribution in [0.1, 0.15) is 5.69 Å². The van der Waals surface area contributed by atoms with Gasteiger partial charge in [0.15, 0.2) is 0 Å². The Morgan fingerprint density at radius 3 is 2.71 bits per heavy atom. The molecule has 1 rings (SSSR count). The molecular formula is C9H10N2O3. The van der Waals surface area contributed by atoms with Crippen LogP contribution < -0.4 is 5.32 Å². The Kier molecular flexibility index (Phi) is 3.17. The molecule has 5 heteroatoms. The summed E-state index contributed by atoms with van der Waals surface area (Å²) < 4.78 is 4.24. The van der Waals surface area contributed by atoms with Crippen molar-refractivity contribution in [2.45, 2.75) is 6.92 Å². The average Bonchev–Trinajstić information content (AvgIpc) is 2.16. The van der Waals surface area contributed by atoms with Crippen LogP contribution in [0.25, 0.3) is 0 Å². The molecule has 1 aromatic heterocycles. The number of hydrogen-bond acceptors (Lipinski definition) is 4. The zero-order valence-electron chi connectivity index (χ0n) is 7.90. The lowest BCUT2D eigenvalue weighted by Crippen LogP contribution is -2.24. The predicted molar refractivity (Wildman–Crippen MR) is 49.6 cm³/mol.